The topological polar surface area (TPSA) is 49.0 Å². The Balaban J connectivity index is 1.76. The van der Waals surface area contributed by atoms with Crippen molar-refractivity contribution in [1.82, 2.24) is 14.9 Å². The number of aromatic amines is 1. The van der Waals surface area contributed by atoms with Crippen LogP contribution in [0.4, 0.5) is 0 Å². The van der Waals surface area contributed by atoms with Crippen LogP contribution < -0.4 is 0 Å². The van der Waals surface area contributed by atoms with Crippen molar-refractivity contribution in [2.24, 2.45) is 0 Å². The van der Waals surface area contributed by atoms with Gasteiger partial charge in [-0.25, -0.2) is 4.98 Å². The number of aromatic nitrogens is 2. The third-order valence-corrected chi connectivity index (χ3v) is 4.22. The molecule has 1 aromatic carbocycles. The average molecular weight is 295 g/mol. The number of aryl methyl sites for hydroxylation is 1. The Bertz CT molecular complexity index is 672. The molecule has 1 saturated heterocycles. The molecule has 0 radical (unpaired) electrons. The number of nitrogens with zero attached hydrogens (tertiary/aromatic N) is 2. The second kappa shape index (κ2) is 6.18. The number of hydrogen-bond acceptors (Lipinski definition) is 2. The third-order valence-electron chi connectivity index (χ3n) is 4.22. The van der Waals surface area contributed by atoms with Crippen LogP contribution in [0.25, 0.3) is 11.3 Å². The van der Waals surface area contributed by atoms with Crippen LogP contribution >= 0.6 is 0 Å². The number of likely N-dealkylation sites (tertiary alicyclic amines) is 1. The number of nitrogens with one attached hydrogen (secondary N) is 1. The van der Waals surface area contributed by atoms with Crippen molar-refractivity contribution >= 4 is 5.91 Å². The van der Waals surface area contributed by atoms with Gasteiger partial charge >= 0.3 is 0 Å². The van der Waals surface area contributed by atoms with Crippen LogP contribution in [-0.2, 0) is 11.2 Å². The second-order valence-corrected chi connectivity index (χ2v) is 5.72. The molecule has 0 bridgehead atoms. The van der Waals surface area contributed by atoms with Crippen LogP contribution in [-0.4, -0.2) is 33.9 Å². The zero-order valence-corrected chi connectivity index (χ0v) is 12.9. The van der Waals surface area contributed by atoms with E-state index in [9.17, 15) is 4.79 Å². The van der Waals surface area contributed by atoms with Crippen LogP contribution in [0.5, 0.6) is 0 Å². The monoisotopic (exact) mass is 295 g/mol. The molecule has 1 amide bonds. The molecule has 2 aromatic rings. The number of amides is 1. The number of benzene rings is 1. The second-order valence-electron chi connectivity index (χ2n) is 5.72. The van der Waals surface area contributed by atoms with Crippen LogP contribution in [0, 0.1) is 0 Å². The van der Waals surface area contributed by atoms with Gasteiger partial charge in [-0.2, -0.15) is 0 Å². The van der Waals surface area contributed by atoms with Gasteiger partial charge in [-0.3, -0.25) is 4.79 Å². The van der Waals surface area contributed by atoms with Gasteiger partial charge in [0.2, 0.25) is 5.91 Å². The summed E-state index contributed by atoms with van der Waals surface area (Å²) in [4.78, 5) is 21.6. The summed E-state index contributed by atoms with van der Waals surface area (Å²) in [5.74, 6) is 1.22. The summed E-state index contributed by atoms with van der Waals surface area (Å²) in [7, 11) is 0. The highest BCUT2D eigenvalue weighted by Crippen LogP contribution is 2.28. The summed E-state index contributed by atoms with van der Waals surface area (Å²) >= 11 is 0. The number of rotatable bonds is 5. The van der Waals surface area contributed by atoms with Crippen LogP contribution in [0.1, 0.15) is 30.7 Å². The minimum Gasteiger partial charge on any atom is -0.342 e. The number of hydrogen-bond donors (Lipinski definition) is 1. The lowest BCUT2D eigenvalue weighted by molar-refractivity contribution is -0.127. The quantitative estimate of drug-likeness (QED) is 0.861. The molecule has 0 aliphatic carbocycles. The number of imidazole rings is 1. The van der Waals surface area contributed by atoms with Gasteiger partial charge in [-0.15, -0.1) is 6.58 Å². The molecule has 3 rings (SSSR count). The highest BCUT2D eigenvalue weighted by molar-refractivity contribution is 5.79. The van der Waals surface area contributed by atoms with Crippen molar-refractivity contribution in [1.29, 1.82) is 0 Å². The molecule has 22 heavy (non-hydrogen) atoms. The normalized spacial score (nSPS) is 18.0. The first kappa shape index (κ1) is 14.6. The Hall–Kier alpha value is -2.36. The molecule has 114 valence electrons. The summed E-state index contributed by atoms with van der Waals surface area (Å²) in [5, 5.41) is 0. The van der Waals surface area contributed by atoms with E-state index in [4.69, 9.17) is 0 Å². The van der Waals surface area contributed by atoms with Crippen molar-refractivity contribution in [3.8, 4) is 11.3 Å². The summed E-state index contributed by atoms with van der Waals surface area (Å²) in [6.07, 6.45) is 5.19. The van der Waals surface area contributed by atoms with Gasteiger partial charge < -0.3 is 9.88 Å². The van der Waals surface area contributed by atoms with Crippen molar-refractivity contribution in [3.05, 3.63) is 54.5 Å². The third kappa shape index (κ3) is 2.82. The number of H-pyrrole nitrogens is 1. The minimum atomic E-state index is 0.149. The lowest BCUT2D eigenvalue weighted by atomic mass is 10.1. The molecule has 0 saturated carbocycles. The summed E-state index contributed by atoms with van der Waals surface area (Å²) < 4.78 is 0. The Morgan fingerprint density at radius 2 is 2.18 bits per heavy atom. The van der Waals surface area contributed by atoms with E-state index in [0.29, 0.717) is 19.5 Å². The van der Waals surface area contributed by atoms with Crippen molar-refractivity contribution < 1.29 is 4.79 Å². The summed E-state index contributed by atoms with van der Waals surface area (Å²) in [6, 6.07) is 8.50. The van der Waals surface area contributed by atoms with Crippen LogP contribution in [0.2, 0.25) is 0 Å². The first-order valence-corrected chi connectivity index (χ1v) is 7.74. The number of carbonyl (C=O) groups excluding carboxylic acids is 1. The molecule has 1 aliphatic rings. The molecule has 1 fully saturated rings. The molecule has 4 heteroatoms. The molecule has 2 heterocycles. The Morgan fingerprint density at radius 3 is 2.86 bits per heavy atom. The zero-order valence-electron chi connectivity index (χ0n) is 12.9. The fraction of sp³-hybridized carbons (Fsp3) is 0.333. The highest BCUT2D eigenvalue weighted by Gasteiger charge is 2.31. The van der Waals surface area contributed by atoms with E-state index >= 15 is 0 Å². The first-order chi connectivity index (χ1) is 10.7. The van der Waals surface area contributed by atoms with Gasteiger partial charge in [0.05, 0.1) is 11.9 Å². The fourth-order valence-electron chi connectivity index (χ4n) is 2.90. The predicted molar refractivity (Wildman–Crippen MR) is 87.5 cm³/mol. The van der Waals surface area contributed by atoms with Crippen molar-refractivity contribution in [2.75, 3.05) is 13.1 Å². The molecule has 1 atom stereocenters. The largest absolute Gasteiger partial charge is 0.342 e. The average Bonchev–Trinajstić information content (AvgIpc) is 3.15. The minimum absolute atomic E-state index is 0.149. The Morgan fingerprint density at radius 1 is 1.41 bits per heavy atom. The van der Waals surface area contributed by atoms with E-state index in [-0.39, 0.29) is 11.8 Å². The lowest BCUT2D eigenvalue weighted by Gasteiger charge is -2.12. The van der Waals surface area contributed by atoms with E-state index in [2.05, 4.69) is 47.7 Å². The van der Waals surface area contributed by atoms with Gasteiger partial charge in [-0.05, 0) is 17.5 Å². The molecular weight excluding hydrogens is 274 g/mol. The van der Waals surface area contributed by atoms with Crippen molar-refractivity contribution in [3.63, 3.8) is 0 Å². The van der Waals surface area contributed by atoms with Crippen LogP contribution in [0.15, 0.2) is 43.1 Å². The molecule has 1 aliphatic heterocycles. The Labute approximate surface area is 130 Å². The smallest absolute Gasteiger partial charge is 0.223 e. The fourth-order valence-corrected chi connectivity index (χ4v) is 2.90. The maximum absolute atomic E-state index is 11.9. The molecule has 1 unspecified atom stereocenters. The molecule has 4 nitrogen and oxygen atoms in total. The van der Waals surface area contributed by atoms with Gasteiger partial charge in [0.15, 0.2) is 0 Å². The Kier molecular flexibility index (Phi) is 4.09. The standard InChI is InChI=1S/C18H21N3O/c1-3-9-21-12-15(10-17(21)22)18-19-11-16(20-18)14-7-5-13(4-2)6-8-14/h3,5-8,11,15H,1,4,9-10,12H2,2H3,(H,19,20). The first-order valence-electron chi connectivity index (χ1n) is 7.74. The summed E-state index contributed by atoms with van der Waals surface area (Å²) in [6.45, 7) is 7.17. The lowest BCUT2D eigenvalue weighted by Crippen LogP contribution is -2.24. The number of carbonyl (C=O) groups is 1. The SMILES string of the molecule is C=CCN1CC(c2ncc(-c3ccc(CC)cc3)[nH]2)CC1=O. The maximum Gasteiger partial charge on any atom is 0.223 e. The highest BCUT2D eigenvalue weighted by atomic mass is 16.2. The molecule has 1 aromatic heterocycles. The van der Waals surface area contributed by atoms with Crippen molar-refractivity contribution in [2.45, 2.75) is 25.7 Å². The molecular formula is C18H21N3O. The predicted octanol–water partition coefficient (Wildman–Crippen LogP) is 3.14. The van der Waals surface area contributed by atoms with Crippen LogP contribution in [0.3, 0.4) is 0 Å². The van der Waals surface area contributed by atoms with E-state index < -0.39 is 0 Å². The molecule has 1 N–H and O–H groups in total. The van der Waals surface area contributed by atoms with E-state index in [0.717, 1.165) is 23.5 Å². The zero-order chi connectivity index (χ0) is 15.5. The van der Waals surface area contributed by atoms with Gasteiger partial charge in [0.1, 0.15) is 5.82 Å². The maximum atomic E-state index is 11.9. The van der Waals surface area contributed by atoms with E-state index in [1.807, 2.05) is 11.1 Å². The van der Waals surface area contributed by atoms with Gasteiger partial charge in [0, 0.05) is 25.4 Å². The van der Waals surface area contributed by atoms with Gasteiger partial charge in [-0.1, -0.05) is 37.3 Å². The van der Waals surface area contributed by atoms with Gasteiger partial charge in [0.25, 0.3) is 0 Å². The van der Waals surface area contributed by atoms with E-state index in [1.54, 1.807) is 6.08 Å². The van der Waals surface area contributed by atoms with E-state index in [1.165, 1.54) is 5.56 Å². The molecule has 0 spiro atoms. The summed E-state index contributed by atoms with van der Waals surface area (Å²) in [5.41, 5.74) is 3.46.